The highest BCUT2D eigenvalue weighted by Gasteiger charge is 2.31. The highest BCUT2D eigenvalue weighted by Crippen LogP contribution is 2.24. The standard InChI is InChI=1S/C17H28N4O/c1-14-11-21(12-15(2)22-14)17(16-5-3-4-6-19-16)13-20-9-7-18-8-10-20/h3-6,14-15,17-18H,7-13H2,1-2H3. The molecule has 3 heterocycles. The predicted octanol–water partition coefficient (Wildman–Crippen LogP) is 1.14. The lowest BCUT2D eigenvalue weighted by Crippen LogP contribution is -2.52. The summed E-state index contributed by atoms with van der Waals surface area (Å²) in [6.07, 6.45) is 2.49. The van der Waals surface area contributed by atoms with Crippen molar-refractivity contribution in [3.8, 4) is 0 Å². The van der Waals surface area contributed by atoms with Crippen LogP contribution >= 0.6 is 0 Å². The van der Waals surface area contributed by atoms with Crippen LogP contribution in [0.1, 0.15) is 25.6 Å². The number of nitrogens with zero attached hydrogens (tertiary/aromatic N) is 3. The zero-order valence-electron chi connectivity index (χ0n) is 13.7. The van der Waals surface area contributed by atoms with E-state index >= 15 is 0 Å². The molecule has 0 bridgehead atoms. The first-order valence-corrected chi connectivity index (χ1v) is 8.46. The molecular formula is C17H28N4O. The Morgan fingerprint density at radius 3 is 2.59 bits per heavy atom. The zero-order chi connectivity index (χ0) is 15.4. The highest BCUT2D eigenvalue weighted by molar-refractivity contribution is 5.10. The van der Waals surface area contributed by atoms with E-state index in [9.17, 15) is 0 Å². The van der Waals surface area contributed by atoms with Crippen LogP contribution in [-0.2, 0) is 4.74 Å². The second-order valence-electron chi connectivity index (χ2n) is 6.53. The van der Waals surface area contributed by atoms with Gasteiger partial charge in [0.2, 0.25) is 0 Å². The third-order valence-corrected chi connectivity index (χ3v) is 4.56. The minimum absolute atomic E-state index is 0.290. The summed E-state index contributed by atoms with van der Waals surface area (Å²) in [5.41, 5.74) is 1.18. The van der Waals surface area contributed by atoms with E-state index in [4.69, 9.17) is 4.74 Å². The average Bonchev–Trinajstić information content (AvgIpc) is 2.53. The van der Waals surface area contributed by atoms with Crippen molar-refractivity contribution in [3.05, 3.63) is 30.1 Å². The summed E-state index contributed by atoms with van der Waals surface area (Å²) in [7, 11) is 0. The summed E-state index contributed by atoms with van der Waals surface area (Å²) in [5.74, 6) is 0. The van der Waals surface area contributed by atoms with Gasteiger partial charge in [0.1, 0.15) is 0 Å². The molecule has 122 valence electrons. The molecule has 1 aromatic rings. The molecule has 5 nitrogen and oxygen atoms in total. The second kappa shape index (κ2) is 7.51. The van der Waals surface area contributed by atoms with Crippen molar-refractivity contribution in [2.24, 2.45) is 0 Å². The summed E-state index contributed by atoms with van der Waals surface area (Å²) < 4.78 is 5.91. The number of morpholine rings is 1. The van der Waals surface area contributed by atoms with E-state index in [0.717, 1.165) is 45.8 Å². The van der Waals surface area contributed by atoms with Crippen molar-refractivity contribution in [1.29, 1.82) is 0 Å². The van der Waals surface area contributed by atoms with Gasteiger partial charge in [-0.05, 0) is 26.0 Å². The normalized spacial score (nSPS) is 29.4. The molecule has 1 N–H and O–H groups in total. The molecule has 0 radical (unpaired) electrons. The minimum atomic E-state index is 0.290. The van der Waals surface area contributed by atoms with Crippen LogP contribution in [0.2, 0.25) is 0 Å². The fourth-order valence-electron chi connectivity index (χ4n) is 3.58. The molecule has 3 rings (SSSR count). The lowest BCUT2D eigenvalue weighted by molar-refractivity contribution is -0.0847. The molecule has 5 heteroatoms. The molecule has 0 aromatic carbocycles. The third kappa shape index (κ3) is 4.04. The number of nitrogens with one attached hydrogen (secondary N) is 1. The maximum Gasteiger partial charge on any atom is 0.0678 e. The summed E-state index contributed by atoms with van der Waals surface area (Å²) in [5, 5.41) is 3.43. The van der Waals surface area contributed by atoms with Gasteiger partial charge in [0.05, 0.1) is 23.9 Å². The largest absolute Gasteiger partial charge is 0.373 e. The molecule has 22 heavy (non-hydrogen) atoms. The third-order valence-electron chi connectivity index (χ3n) is 4.56. The predicted molar refractivity (Wildman–Crippen MR) is 87.9 cm³/mol. The number of hydrogen-bond donors (Lipinski definition) is 1. The second-order valence-corrected chi connectivity index (χ2v) is 6.53. The first-order valence-electron chi connectivity index (χ1n) is 8.46. The Labute approximate surface area is 133 Å². The molecule has 3 atom stereocenters. The maximum atomic E-state index is 5.91. The first-order chi connectivity index (χ1) is 10.7. The fraction of sp³-hybridized carbons (Fsp3) is 0.706. The van der Waals surface area contributed by atoms with Crippen LogP contribution in [0.25, 0.3) is 0 Å². The Morgan fingerprint density at radius 2 is 1.95 bits per heavy atom. The lowest BCUT2D eigenvalue weighted by atomic mass is 10.1. The van der Waals surface area contributed by atoms with Crippen LogP contribution in [0.3, 0.4) is 0 Å². The van der Waals surface area contributed by atoms with Gasteiger partial charge >= 0.3 is 0 Å². The van der Waals surface area contributed by atoms with Gasteiger partial charge in [-0.1, -0.05) is 6.07 Å². The SMILES string of the molecule is CC1CN(C(CN2CCNCC2)c2ccccn2)CC(C)O1. The number of rotatable bonds is 4. The Kier molecular flexibility index (Phi) is 5.41. The van der Waals surface area contributed by atoms with Crippen molar-refractivity contribution >= 4 is 0 Å². The molecule has 2 saturated heterocycles. The smallest absolute Gasteiger partial charge is 0.0678 e. The van der Waals surface area contributed by atoms with Gasteiger partial charge in [0.25, 0.3) is 0 Å². The monoisotopic (exact) mass is 304 g/mol. The molecule has 0 amide bonds. The Bertz CT molecular complexity index is 439. The topological polar surface area (TPSA) is 40.6 Å². The van der Waals surface area contributed by atoms with Gasteiger partial charge < -0.3 is 10.1 Å². The first kappa shape index (κ1) is 15.9. The maximum absolute atomic E-state index is 5.91. The fourth-order valence-corrected chi connectivity index (χ4v) is 3.58. The van der Waals surface area contributed by atoms with Gasteiger partial charge in [0, 0.05) is 52.0 Å². The summed E-state index contributed by atoms with van der Waals surface area (Å²) >= 11 is 0. The van der Waals surface area contributed by atoms with Crippen molar-refractivity contribution < 1.29 is 4.74 Å². The van der Waals surface area contributed by atoms with Crippen molar-refractivity contribution in [3.63, 3.8) is 0 Å². The Morgan fingerprint density at radius 1 is 1.23 bits per heavy atom. The van der Waals surface area contributed by atoms with E-state index in [2.05, 4.69) is 46.1 Å². The van der Waals surface area contributed by atoms with E-state index in [1.165, 1.54) is 5.69 Å². The van der Waals surface area contributed by atoms with Gasteiger partial charge in [-0.25, -0.2) is 0 Å². The van der Waals surface area contributed by atoms with E-state index in [1.807, 2.05) is 12.3 Å². The molecule has 3 unspecified atom stereocenters. The van der Waals surface area contributed by atoms with Crippen molar-refractivity contribution in [2.45, 2.75) is 32.1 Å². The molecule has 0 aliphatic carbocycles. The molecular weight excluding hydrogens is 276 g/mol. The number of piperazine rings is 1. The molecule has 0 saturated carbocycles. The van der Waals surface area contributed by atoms with Gasteiger partial charge in [-0.2, -0.15) is 0 Å². The number of ether oxygens (including phenoxy) is 1. The van der Waals surface area contributed by atoms with Gasteiger partial charge in [0.15, 0.2) is 0 Å². The van der Waals surface area contributed by atoms with Crippen LogP contribution in [-0.4, -0.2) is 72.8 Å². The highest BCUT2D eigenvalue weighted by atomic mass is 16.5. The summed E-state index contributed by atoms with van der Waals surface area (Å²) in [4.78, 5) is 9.76. The Balaban J connectivity index is 1.76. The van der Waals surface area contributed by atoms with Crippen molar-refractivity contribution in [1.82, 2.24) is 20.1 Å². The Hall–Kier alpha value is -1.01. The zero-order valence-corrected chi connectivity index (χ0v) is 13.7. The lowest BCUT2D eigenvalue weighted by Gasteiger charge is -2.42. The van der Waals surface area contributed by atoms with E-state index in [1.54, 1.807) is 0 Å². The minimum Gasteiger partial charge on any atom is -0.373 e. The molecule has 0 spiro atoms. The van der Waals surface area contributed by atoms with Gasteiger partial charge in [-0.3, -0.25) is 14.8 Å². The molecule has 2 fully saturated rings. The molecule has 1 aromatic heterocycles. The molecule has 2 aliphatic heterocycles. The van der Waals surface area contributed by atoms with Crippen LogP contribution in [0.15, 0.2) is 24.4 Å². The summed E-state index contributed by atoms with van der Waals surface area (Å²) in [6, 6.07) is 6.61. The van der Waals surface area contributed by atoms with Crippen LogP contribution < -0.4 is 5.32 Å². The number of aromatic nitrogens is 1. The quantitative estimate of drug-likeness (QED) is 0.903. The van der Waals surface area contributed by atoms with Crippen molar-refractivity contribution in [2.75, 3.05) is 45.8 Å². The van der Waals surface area contributed by atoms with Crippen LogP contribution in [0.5, 0.6) is 0 Å². The van der Waals surface area contributed by atoms with E-state index in [0.29, 0.717) is 6.04 Å². The van der Waals surface area contributed by atoms with E-state index < -0.39 is 0 Å². The average molecular weight is 304 g/mol. The molecule has 2 aliphatic rings. The number of hydrogen-bond acceptors (Lipinski definition) is 5. The van der Waals surface area contributed by atoms with Crippen LogP contribution in [0, 0.1) is 0 Å². The van der Waals surface area contributed by atoms with E-state index in [-0.39, 0.29) is 12.2 Å². The summed E-state index contributed by atoms with van der Waals surface area (Å²) in [6.45, 7) is 11.8. The number of pyridine rings is 1. The van der Waals surface area contributed by atoms with Gasteiger partial charge in [-0.15, -0.1) is 0 Å². The van der Waals surface area contributed by atoms with Crippen LogP contribution in [0.4, 0.5) is 0 Å².